The lowest BCUT2D eigenvalue weighted by Gasteiger charge is -1.99. The van der Waals surface area contributed by atoms with Crippen LogP contribution >= 0.6 is 11.6 Å². The molecule has 5 nitrogen and oxygen atoms in total. The summed E-state index contributed by atoms with van der Waals surface area (Å²) in [5.74, 6) is -0.309. The molecule has 0 aromatic carbocycles. The molecule has 0 spiro atoms. The van der Waals surface area contributed by atoms with Crippen molar-refractivity contribution in [3.8, 4) is 0 Å². The molecule has 2 heterocycles. The summed E-state index contributed by atoms with van der Waals surface area (Å²) in [4.78, 5) is 11.5. The zero-order chi connectivity index (χ0) is 10.7. The van der Waals surface area contributed by atoms with Gasteiger partial charge in [-0.1, -0.05) is 5.16 Å². The van der Waals surface area contributed by atoms with Crippen LogP contribution in [0.4, 0.5) is 0 Å². The molecule has 0 radical (unpaired) electrons. The van der Waals surface area contributed by atoms with Crippen LogP contribution in [0, 0.1) is 0 Å². The average molecular weight is 227 g/mol. The smallest absolute Gasteiger partial charge is 0.256 e. The topological polar surface area (TPSA) is 68.3 Å². The third kappa shape index (κ3) is 2.19. The molecule has 15 heavy (non-hydrogen) atoms. The third-order valence-corrected chi connectivity index (χ3v) is 2.08. The van der Waals surface area contributed by atoms with Crippen molar-refractivity contribution in [2.24, 2.45) is 0 Å². The second-order valence-electron chi connectivity index (χ2n) is 2.78. The van der Waals surface area contributed by atoms with Gasteiger partial charge < -0.3 is 14.3 Å². The normalized spacial score (nSPS) is 10.2. The lowest BCUT2D eigenvalue weighted by Crippen LogP contribution is -2.22. The quantitative estimate of drug-likeness (QED) is 0.867. The zero-order valence-electron chi connectivity index (χ0n) is 7.57. The highest BCUT2D eigenvalue weighted by atomic mass is 35.5. The summed E-state index contributed by atoms with van der Waals surface area (Å²) in [6.45, 7) is 0.289. The molecule has 0 aliphatic rings. The molecule has 0 saturated heterocycles. The van der Waals surface area contributed by atoms with Crippen molar-refractivity contribution in [1.82, 2.24) is 10.5 Å². The lowest BCUT2D eigenvalue weighted by molar-refractivity contribution is 0.0949. The molecule has 0 saturated carbocycles. The van der Waals surface area contributed by atoms with Crippen molar-refractivity contribution in [3.05, 3.63) is 41.1 Å². The van der Waals surface area contributed by atoms with Crippen molar-refractivity contribution < 1.29 is 13.7 Å². The monoisotopic (exact) mass is 226 g/mol. The molecule has 0 bridgehead atoms. The number of rotatable bonds is 3. The van der Waals surface area contributed by atoms with Gasteiger partial charge in [-0.3, -0.25) is 4.79 Å². The number of nitrogens with zero attached hydrogens (tertiary/aromatic N) is 1. The fourth-order valence-corrected chi connectivity index (χ4v) is 1.25. The number of hydrogen-bond donors (Lipinski definition) is 1. The van der Waals surface area contributed by atoms with E-state index in [4.69, 9.17) is 16.0 Å². The van der Waals surface area contributed by atoms with Crippen LogP contribution in [0.3, 0.4) is 0 Å². The number of hydrogen-bond acceptors (Lipinski definition) is 4. The molecule has 78 valence electrons. The van der Waals surface area contributed by atoms with E-state index in [1.54, 1.807) is 6.07 Å². The largest absolute Gasteiger partial charge is 0.452 e. The van der Waals surface area contributed by atoms with E-state index in [2.05, 4.69) is 15.0 Å². The molecule has 1 N–H and O–H groups in total. The summed E-state index contributed by atoms with van der Waals surface area (Å²) in [5, 5.41) is 6.34. The van der Waals surface area contributed by atoms with E-state index >= 15 is 0 Å². The fourth-order valence-electron chi connectivity index (χ4n) is 1.05. The van der Waals surface area contributed by atoms with Gasteiger partial charge >= 0.3 is 0 Å². The van der Waals surface area contributed by atoms with Gasteiger partial charge in [0.2, 0.25) is 5.22 Å². The first-order valence-corrected chi connectivity index (χ1v) is 4.55. The first kappa shape index (κ1) is 9.79. The van der Waals surface area contributed by atoms with Gasteiger partial charge in [0.05, 0.1) is 18.4 Å². The number of carbonyl (C=O) groups excluding carboxylic acids is 1. The van der Waals surface area contributed by atoms with Crippen LogP contribution in [0.25, 0.3) is 0 Å². The second kappa shape index (κ2) is 4.18. The average Bonchev–Trinajstić information content (AvgIpc) is 2.84. The van der Waals surface area contributed by atoms with Gasteiger partial charge in [-0.2, -0.15) is 0 Å². The summed E-state index contributed by atoms with van der Waals surface area (Å²) in [5.41, 5.74) is 0.947. The van der Waals surface area contributed by atoms with Crippen LogP contribution in [0.2, 0.25) is 5.22 Å². The molecule has 2 aromatic heterocycles. The zero-order valence-corrected chi connectivity index (χ0v) is 8.32. The number of amides is 1. The highest BCUT2D eigenvalue weighted by molar-refractivity contribution is 6.32. The Morgan fingerprint density at radius 2 is 2.33 bits per heavy atom. The first-order chi connectivity index (χ1) is 7.27. The van der Waals surface area contributed by atoms with E-state index in [0.29, 0.717) is 11.3 Å². The van der Waals surface area contributed by atoms with E-state index < -0.39 is 0 Å². The third-order valence-electron chi connectivity index (χ3n) is 1.78. The lowest BCUT2D eigenvalue weighted by atomic mass is 10.3. The predicted molar refractivity (Wildman–Crippen MR) is 51.4 cm³/mol. The molecule has 6 heteroatoms. The van der Waals surface area contributed by atoms with Crippen LogP contribution in [0.5, 0.6) is 0 Å². The summed E-state index contributed by atoms with van der Waals surface area (Å²) in [6.07, 6.45) is 2.79. The SMILES string of the molecule is O=C(NCc1ccon1)c1ccoc1Cl. The summed E-state index contributed by atoms with van der Waals surface area (Å²) < 4.78 is 9.41. The van der Waals surface area contributed by atoms with Crippen LogP contribution in [-0.4, -0.2) is 11.1 Å². The highest BCUT2D eigenvalue weighted by Gasteiger charge is 2.12. The van der Waals surface area contributed by atoms with Crippen LogP contribution in [0.1, 0.15) is 16.1 Å². The Morgan fingerprint density at radius 3 is 2.93 bits per heavy atom. The minimum Gasteiger partial charge on any atom is -0.452 e. The Bertz CT molecular complexity index is 450. The molecule has 2 aromatic rings. The van der Waals surface area contributed by atoms with Gasteiger partial charge in [0.1, 0.15) is 12.0 Å². The highest BCUT2D eigenvalue weighted by Crippen LogP contribution is 2.16. The maximum absolute atomic E-state index is 11.5. The number of halogens is 1. The maximum Gasteiger partial charge on any atom is 0.256 e. The van der Waals surface area contributed by atoms with E-state index in [9.17, 15) is 4.79 Å². The molecule has 0 aliphatic heterocycles. The minimum atomic E-state index is -0.309. The van der Waals surface area contributed by atoms with Crippen molar-refractivity contribution >= 4 is 17.5 Å². The van der Waals surface area contributed by atoms with E-state index in [1.165, 1.54) is 18.6 Å². The first-order valence-electron chi connectivity index (χ1n) is 4.18. The van der Waals surface area contributed by atoms with Gasteiger partial charge in [0.15, 0.2) is 0 Å². The molecular weight excluding hydrogens is 220 g/mol. The Morgan fingerprint density at radius 1 is 1.47 bits per heavy atom. The second-order valence-corrected chi connectivity index (χ2v) is 3.12. The Labute approximate surface area is 90.0 Å². The number of nitrogens with one attached hydrogen (secondary N) is 1. The molecule has 0 aliphatic carbocycles. The van der Waals surface area contributed by atoms with Gasteiger partial charge in [-0.25, -0.2) is 0 Å². The van der Waals surface area contributed by atoms with Crippen molar-refractivity contribution in [2.75, 3.05) is 0 Å². The van der Waals surface area contributed by atoms with E-state index in [1.807, 2.05) is 0 Å². The minimum absolute atomic E-state index is 0.0765. The van der Waals surface area contributed by atoms with Gasteiger partial charge in [0, 0.05) is 6.07 Å². The van der Waals surface area contributed by atoms with Crippen molar-refractivity contribution in [2.45, 2.75) is 6.54 Å². The predicted octanol–water partition coefficient (Wildman–Crippen LogP) is 1.85. The van der Waals surface area contributed by atoms with Gasteiger partial charge in [0.25, 0.3) is 5.91 Å². The Balaban J connectivity index is 1.96. The van der Waals surface area contributed by atoms with Crippen LogP contribution in [-0.2, 0) is 6.54 Å². The molecular formula is C9H7ClN2O3. The standard InChI is InChI=1S/C9H7ClN2O3/c10-8-7(2-3-14-8)9(13)11-5-6-1-4-15-12-6/h1-4H,5H2,(H,11,13). The number of furan rings is 1. The maximum atomic E-state index is 11.5. The summed E-state index contributed by atoms with van der Waals surface area (Å²) >= 11 is 5.63. The number of aromatic nitrogens is 1. The van der Waals surface area contributed by atoms with Gasteiger partial charge in [-0.15, -0.1) is 0 Å². The Kier molecular flexibility index (Phi) is 2.73. The molecule has 1 amide bonds. The van der Waals surface area contributed by atoms with Crippen molar-refractivity contribution in [1.29, 1.82) is 0 Å². The molecule has 0 unspecified atom stereocenters. The summed E-state index contributed by atoms with van der Waals surface area (Å²) in [7, 11) is 0. The summed E-state index contributed by atoms with van der Waals surface area (Å²) in [6, 6.07) is 3.16. The van der Waals surface area contributed by atoms with E-state index in [0.717, 1.165) is 0 Å². The molecule has 0 atom stereocenters. The van der Waals surface area contributed by atoms with E-state index in [-0.39, 0.29) is 17.7 Å². The van der Waals surface area contributed by atoms with Crippen molar-refractivity contribution in [3.63, 3.8) is 0 Å². The molecule has 2 rings (SSSR count). The molecule has 0 fully saturated rings. The van der Waals surface area contributed by atoms with Crippen LogP contribution in [0.15, 0.2) is 33.6 Å². The number of carbonyl (C=O) groups is 1. The van der Waals surface area contributed by atoms with Crippen LogP contribution < -0.4 is 5.32 Å². The van der Waals surface area contributed by atoms with Gasteiger partial charge in [-0.05, 0) is 17.7 Å². The Hall–Kier alpha value is -1.75. The fraction of sp³-hybridized carbons (Fsp3) is 0.111.